The maximum absolute atomic E-state index is 13.1. The van der Waals surface area contributed by atoms with Gasteiger partial charge in [0.2, 0.25) is 5.91 Å². The van der Waals surface area contributed by atoms with E-state index in [0.717, 1.165) is 44.9 Å². The highest BCUT2D eigenvalue weighted by atomic mass is 16.7. The molecule has 9 atom stereocenters. The Hall–Kier alpha value is -1.93. The van der Waals surface area contributed by atoms with Gasteiger partial charge in [0.25, 0.3) is 0 Å². The highest BCUT2D eigenvalue weighted by Gasteiger charge is 2.44. The van der Waals surface area contributed by atoms with Gasteiger partial charge in [-0.05, 0) is 89.9 Å². The summed E-state index contributed by atoms with van der Waals surface area (Å²) in [7, 11) is 0. The number of hydrogen-bond acceptors (Lipinski definition) is 10. The molecule has 0 aromatic carbocycles. The zero-order valence-corrected chi connectivity index (χ0v) is 43.3. The van der Waals surface area contributed by atoms with E-state index in [1.165, 1.54) is 148 Å². The quantitative estimate of drug-likeness (QED) is 0.0215. The van der Waals surface area contributed by atoms with Gasteiger partial charge in [-0.15, -0.1) is 0 Å². The van der Waals surface area contributed by atoms with Gasteiger partial charge in [0.1, 0.15) is 36.6 Å². The van der Waals surface area contributed by atoms with Crippen LogP contribution in [-0.2, 0) is 14.3 Å². The molecule has 0 saturated carbocycles. The van der Waals surface area contributed by atoms with Crippen LogP contribution in [0.3, 0.4) is 0 Å². The summed E-state index contributed by atoms with van der Waals surface area (Å²) < 4.78 is 11.1. The van der Waals surface area contributed by atoms with Crippen LogP contribution in [0.5, 0.6) is 0 Å². The van der Waals surface area contributed by atoms with Gasteiger partial charge >= 0.3 is 0 Å². The maximum Gasteiger partial charge on any atom is 0.249 e. The van der Waals surface area contributed by atoms with Gasteiger partial charge in [-0.1, -0.05) is 197 Å². The molecule has 1 rings (SSSR count). The molecule has 0 aromatic heterocycles. The van der Waals surface area contributed by atoms with Gasteiger partial charge in [-0.3, -0.25) is 4.79 Å². The summed E-state index contributed by atoms with van der Waals surface area (Å²) in [4.78, 5) is 13.1. The first-order valence-electron chi connectivity index (χ1n) is 28.0. The van der Waals surface area contributed by atoms with Crippen molar-refractivity contribution in [2.75, 3.05) is 13.2 Å². The highest BCUT2D eigenvalue weighted by Crippen LogP contribution is 2.23. The first kappa shape index (κ1) is 64.1. The van der Waals surface area contributed by atoms with Crippen LogP contribution in [0, 0.1) is 0 Å². The molecule has 0 bridgehead atoms. The van der Waals surface area contributed by atoms with Crippen molar-refractivity contribution >= 4 is 5.91 Å². The molecule has 0 spiro atoms. The van der Waals surface area contributed by atoms with Crippen molar-refractivity contribution in [2.24, 2.45) is 0 Å². The summed E-state index contributed by atoms with van der Waals surface area (Å²) in [6.45, 7) is 3.41. The number of carbonyl (C=O) groups is 1. The van der Waals surface area contributed by atoms with Crippen molar-refractivity contribution in [1.29, 1.82) is 0 Å². The molecule has 1 aliphatic rings. The second-order valence-corrected chi connectivity index (χ2v) is 19.6. The molecule has 9 unspecified atom stereocenters. The van der Waals surface area contributed by atoms with Gasteiger partial charge in [0.15, 0.2) is 6.29 Å². The minimum atomic E-state index is -1.68. The lowest BCUT2D eigenvalue weighted by molar-refractivity contribution is -0.303. The number of allylic oxidation sites excluding steroid dienone is 8. The number of ether oxygens (including phenoxy) is 2. The molecule has 68 heavy (non-hydrogen) atoms. The molecular formula is C57H105NO10. The second kappa shape index (κ2) is 46.2. The Bertz CT molecular complexity index is 1240. The normalized spacial score (nSPS) is 20.9. The summed E-state index contributed by atoms with van der Waals surface area (Å²) in [6, 6.07) is -1.20. The Balaban J connectivity index is 2.32. The standard InChI is InChI=1S/C57H105NO10/c1-3-5-7-9-11-13-15-17-18-19-20-21-22-23-24-25-26-27-28-29-30-31-32-33-35-36-38-40-42-44-49(60)52(62)48(47-67-57-55(65)54(64)53(63)51(46-59)68-57)58-56(66)50(61)45-43-41-39-37-34-16-14-12-10-8-6-4-2/h27-28,31-32,34,36-38,48-55,57,59-65H,3-26,29-30,33,35,39-47H2,1-2H3,(H,58,66)/b28-27+,32-31+,37-34-,38-36+. The predicted octanol–water partition coefficient (Wildman–Crippen LogP) is 11.3. The maximum atomic E-state index is 13.1. The molecule has 1 heterocycles. The van der Waals surface area contributed by atoms with E-state index < -0.39 is 74.2 Å². The van der Waals surface area contributed by atoms with Crippen molar-refractivity contribution in [2.45, 2.75) is 294 Å². The lowest BCUT2D eigenvalue weighted by Gasteiger charge is -2.40. The topological polar surface area (TPSA) is 189 Å². The summed E-state index contributed by atoms with van der Waals surface area (Å²) in [5, 5.41) is 75.8. The number of rotatable bonds is 47. The molecule has 1 fully saturated rings. The molecule has 8 N–H and O–H groups in total. The first-order valence-corrected chi connectivity index (χ1v) is 28.0. The Kier molecular flexibility index (Phi) is 43.5. The monoisotopic (exact) mass is 964 g/mol. The molecule has 1 amide bonds. The summed E-state index contributed by atoms with van der Waals surface area (Å²) in [6.07, 6.45) is 46.2. The molecule has 398 valence electrons. The number of aliphatic hydroxyl groups is 7. The van der Waals surface area contributed by atoms with Crippen molar-refractivity contribution in [3.05, 3.63) is 48.6 Å². The second-order valence-electron chi connectivity index (χ2n) is 19.6. The third kappa shape index (κ3) is 34.4. The van der Waals surface area contributed by atoms with Crippen LogP contribution < -0.4 is 5.32 Å². The fourth-order valence-electron chi connectivity index (χ4n) is 8.70. The molecular weight excluding hydrogens is 859 g/mol. The molecule has 11 nitrogen and oxygen atoms in total. The van der Waals surface area contributed by atoms with Crippen LogP contribution in [0.15, 0.2) is 48.6 Å². The summed E-state index contributed by atoms with van der Waals surface area (Å²) >= 11 is 0. The number of hydrogen-bond donors (Lipinski definition) is 8. The Morgan fingerprint density at radius 1 is 0.500 bits per heavy atom. The minimum absolute atomic E-state index is 0.217. The predicted molar refractivity (Wildman–Crippen MR) is 279 cm³/mol. The van der Waals surface area contributed by atoms with Crippen LogP contribution in [0.25, 0.3) is 0 Å². The Morgan fingerprint density at radius 3 is 1.31 bits per heavy atom. The van der Waals surface area contributed by atoms with Crippen LogP contribution in [-0.4, -0.2) is 110 Å². The third-order valence-electron chi connectivity index (χ3n) is 13.3. The number of carbonyl (C=O) groups excluding carboxylic acids is 1. The van der Waals surface area contributed by atoms with Gasteiger partial charge in [0, 0.05) is 0 Å². The molecule has 0 aromatic rings. The number of amides is 1. The molecule has 0 aliphatic carbocycles. The minimum Gasteiger partial charge on any atom is -0.394 e. The number of aliphatic hydroxyl groups excluding tert-OH is 7. The Morgan fingerprint density at radius 2 is 0.882 bits per heavy atom. The Labute approximate surface area is 415 Å². The van der Waals surface area contributed by atoms with E-state index in [9.17, 15) is 40.5 Å². The zero-order valence-electron chi connectivity index (χ0n) is 43.3. The van der Waals surface area contributed by atoms with Crippen LogP contribution in [0.2, 0.25) is 0 Å². The van der Waals surface area contributed by atoms with Crippen LogP contribution >= 0.6 is 0 Å². The van der Waals surface area contributed by atoms with Crippen molar-refractivity contribution in [3.8, 4) is 0 Å². The molecule has 1 aliphatic heterocycles. The third-order valence-corrected chi connectivity index (χ3v) is 13.3. The average Bonchev–Trinajstić information content (AvgIpc) is 3.34. The van der Waals surface area contributed by atoms with Gasteiger partial charge in [-0.25, -0.2) is 0 Å². The number of unbranched alkanes of at least 4 members (excludes halogenated alkanes) is 27. The van der Waals surface area contributed by atoms with Crippen molar-refractivity contribution < 1.29 is 50.0 Å². The van der Waals surface area contributed by atoms with E-state index in [1.807, 2.05) is 0 Å². The number of nitrogens with one attached hydrogen (secondary N) is 1. The smallest absolute Gasteiger partial charge is 0.249 e. The summed E-state index contributed by atoms with van der Waals surface area (Å²) in [5.41, 5.74) is 0. The highest BCUT2D eigenvalue weighted by molar-refractivity contribution is 5.80. The van der Waals surface area contributed by atoms with E-state index in [4.69, 9.17) is 9.47 Å². The van der Waals surface area contributed by atoms with E-state index >= 15 is 0 Å². The van der Waals surface area contributed by atoms with Crippen molar-refractivity contribution in [3.63, 3.8) is 0 Å². The van der Waals surface area contributed by atoms with Crippen LogP contribution in [0.1, 0.15) is 239 Å². The fourth-order valence-corrected chi connectivity index (χ4v) is 8.70. The van der Waals surface area contributed by atoms with E-state index in [-0.39, 0.29) is 12.8 Å². The molecule has 11 heteroatoms. The summed E-state index contributed by atoms with van der Waals surface area (Å²) in [5.74, 6) is -0.730. The van der Waals surface area contributed by atoms with Crippen LogP contribution in [0.4, 0.5) is 0 Å². The molecule has 0 radical (unpaired) electrons. The van der Waals surface area contributed by atoms with Gasteiger partial charge in [0.05, 0.1) is 25.4 Å². The van der Waals surface area contributed by atoms with E-state index in [2.05, 4.69) is 67.8 Å². The fraction of sp³-hybridized carbons (Fsp3) is 0.842. The first-order chi connectivity index (χ1) is 33.2. The van der Waals surface area contributed by atoms with Gasteiger partial charge < -0.3 is 50.5 Å². The lowest BCUT2D eigenvalue weighted by atomic mass is 9.98. The average molecular weight is 964 g/mol. The zero-order chi connectivity index (χ0) is 49.7. The SMILES string of the molecule is CCCCCCCC/C=C\CCCCC(O)C(=O)NC(COC1OC(CO)C(O)C(O)C1O)C(O)C(O)CCC/C=C/CC/C=C/CC/C=C/CCCCCCCCCCCCCCCCCC. The van der Waals surface area contributed by atoms with E-state index in [0.29, 0.717) is 19.3 Å². The van der Waals surface area contributed by atoms with Crippen molar-refractivity contribution in [1.82, 2.24) is 5.32 Å². The largest absolute Gasteiger partial charge is 0.394 e. The molecule has 1 saturated heterocycles. The lowest BCUT2D eigenvalue weighted by Crippen LogP contribution is -2.60. The van der Waals surface area contributed by atoms with E-state index in [1.54, 1.807) is 0 Å². The van der Waals surface area contributed by atoms with Gasteiger partial charge in [-0.2, -0.15) is 0 Å².